The van der Waals surface area contributed by atoms with Crippen LogP contribution in [0.4, 0.5) is 0 Å². The van der Waals surface area contributed by atoms with E-state index in [1.165, 1.54) is 22.3 Å². The van der Waals surface area contributed by atoms with Crippen molar-refractivity contribution >= 4 is 16.6 Å². The highest BCUT2D eigenvalue weighted by Crippen LogP contribution is 2.52. The summed E-state index contributed by atoms with van der Waals surface area (Å²) in [5.41, 5.74) is 3.31. The molecule has 8 heteroatoms. The molecule has 0 aromatic heterocycles. The molecule has 282 valence electrons. The van der Waals surface area contributed by atoms with E-state index in [1.807, 2.05) is 0 Å². The van der Waals surface area contributed by atoms with E-state index in [0.29, 0.717) is 19.9 Å². The lowest BCUT2D eigenvalue weighted by molar-refractivity contribution is -0.0628. The van der Waals surface area contributed by atoms with Crippen LogP contribution in [0.25, 0.3) is 0 Å². The molecule has 3 saturated heterocycles. The van der Waals surface area contributed by atoms with Crippen LogP contribution in [0.1, 0.15) is 63.8 Å². The molecule has 53 heavy (non-hydrogen) atoms. The summed E-state index contributed by atoms with van der Waals surface area (Å²) in [4.78, 5) is 5.14. The first-order chi connectivity index (χ1) is 25.9. The Morgan fingerprint density at radius 2 is 0.736 bits per heavy atom. The van der Waals surface area contributed by atoms with Crippen molar-refractivity contribution in [2.75, 3.05) is 19.9 Å². The van der Waals surface area contributed by atoms with Gasteiger partial charge >= 0.3 is 0 Å². The first-order valence-electron chi connectivity index (χ1n) is 20.3. The average Bonchev–Trinajstić information content (AvgIpc) is 3.95. The van der Waals surface area contributed by atoms with Gasteiger partial charge in [-0.15, -0.1) is 0 Å². The standard InChI is InChI=1S/C45H60N2O4Si2/c1-7-52(8-2,9-3)50-44(36-25-17-13-18-26-36,37-27-19-14-20-28-37)40-33-48-42-43-47(35-46(40)42)41(34-49-43)45(38-29-21-15-22-30-38,39-31-23-16-24-32-39)51-53(10-4,11-5)12-6/h13-32,40-43H,7-12,33-35H2,1-6H3/t40-,41-,42?,43?/m1/s1. The first kappa shape index (κ1) is 38.4. The van der Waals surface area contributed by atoms with Crippen molar-refractivity contribution in [3.05, 3.63) is 144 Å². The van der Waals surface area contributed by atoms with E-state index < -0.39 is 27.8 Å². The predicted octanol–water partition coefficient (Wildman–Crippen LogP) is 9.94. The fraction of sp³-hybridized carbons (Fsp3) is 0.467. The van der Waals surface area contributed by atoms with E-state index in [2.05, 4.69) is 173 Å². The van der Waals surface area contributed by atoms with Crippen molar-refractivity contribution in [3.8, 4) is 0 Å². The van der Waals surface area contributed by atoms with Gasteiger partial charge in [-0.25, -0.2) is 0 Å². The van der Waals surface area contributed by atoms with Gasteiger partial charge in [0.15, 0.2) is 29.1 Å². The molecule has 0 spiro atoms. The van der Waals surface area contributed by atoms with Crippen molar-refractivity contribution < 1.29 is 18.3 Å². The molecule has 3 fully saturated rings. The maximum absolute atomic E-state index is 7.94. The maximum Gasteiger partial charge on any atom is 0.193 e. The minimum Gasteiger partial charge on any atom is -0.402 e. The molecule has 4 aromatic rings. The van der Waals surface area contributed by atoms with Gasteiger partial charge in [0, 0.05) is 0 Å². The van der Waals surface area contributed by atoms with Crippen LogP contribution in [0.3, 0.4) is 0 Å². The number of benzene rings is 4. The lowest BCUT2D eigenvalue weighted by Crippen LogP contribution is -2.59. The second-order valence-corrected chi connectivity index (χ2v) is 24.7. The minimum absolute atomic E-state index is 0.0668. The summed E-state index contributed by atoms with van der Waals surface area (Å²) in [5, 5.41) is 0. The number of hydrogen-bond donors (Lipinski definition) is 0. The zero-order valence-corrected chi connectivity index (χ0v) is 34.7. The number of hydrogen-bond acceptors (Lipinski definition) is 6. The molecule has 0 amide bonds. The predicted molar refractivity (Wildman–Crippen MR) is 219 cm³/mol. The molecular weight excluding hydrogens is 689 g/mol. The largest absolute Gasteiger partial charge is 0.402 e. The Balaban J connectivity index is 1.37. The van der Waals surface area contributed by atoms with Gasteiger partial charge in [-0.3, -0.25) is 9.80 Å². The normalized spacial score (nSPS) is 22.6. The third-order valence-electron chi connectivity index (χ3n) is 13.2. The van der Waals surface area contributed by atoms with Gasteiger partial charge in [0.2, 0.25) is 0 Å². The highest BCUT2D eigenvalue weighted by atomic mass is 28.4. The number of nitrogens with zero attached hydrogens (tertiary/aromatic N) is 2. The summed E-state index contributed by atoms with van der Waals surface area (Å²) in [6.45, 7) is 15.8. The molecule has 0 saturated carbocycles. The monoisotopic (exact) mass is 748 g/mol. The molecule has 7 rings (SSSR count). The molecule has 4 atom stereocenters. The molecule has 4 aromatic carbocycles. The summed E-state index contributed by atoms with van der Waals surface area (Å²) < 4.78 is 29.8. The summed E-state index contributed by atoms with van der Waals surface area (Å²) in [7, 11) is -4.34. The highest BCUT2D eigenvalue weighted by molar-refractivity contribution is 6.74. The van der Waals surface area contributed by atoms with Crippen LogP contribution in [0.2, 0.25) is 36.3 Å². The van der Waals surface area contributed by atoms with Crippen LogP contribution in [0.5, 0.6) is 0 Å². The highest BCUT2D eigenvalue weighted by Gasteiger charge is 2.64. The van der Waals surface area contributed by atoms with E-state index in [9.17, 15) is 0 Å². The Bertz CT molecular complexity index is 1520. The zero-order valence-electron chi connectivity index (χ0n) is 32.7. The van der Waals surface area contributed by atoms with Crippen LogP contribution < -0.4 is 0 Å². The average molecular weight is 749 g/mol. The fourth-order valence-electron chi connectivity index (χ4n) is 9.69. The second kappa shape index (κ2) is 16.0. The third-order valence-corrected chi connectivity index (χ3v) is 22.5. The Kier molecular flexibility index (Phi) is 11.6. The lowest BCUT2D eigenvalue weighted by Gasteiger charge is -2.50. The smallest absolute Gasteiger partial charge is 0.193 e. The number of rotatable bonds is 16. The Hall–Kier alpha value is -2.93. The SMILES string of the molecule is CC[Si](CC)(CC)OC(c1ccccc1)(c1ccccc1)[C@H]1COC2C3OC[C@H](C(O[Si](CC)(CC)CC)(c4ccccc4)c4ccccc4)N3CN21. The van der Waals surface area contributed by atoms with E-state index in [4.69, 9.17) is 18.3 Å². The first-order valence-corrected chi connectivity index (χ1v) is 25.3. The fourth-order valence-corrected chi connectivity index (χ4v) is 15.7. The molecule has 0 radical (unpaired) electrons. The number of fused-ring (bicyclic) bond motifs is 3. The Labute approximate surface area is 320 Å². The van der Waals surface area contributed by atoms with Gasteiger partial charge in [-0.2, -0.15) is 0 Å². The molecule has 2 unspecified atom stereocenters. The molecule has 3 aliphatic heterocycles. The van der Waals surface area contributed by atoms with E-state index in [-0.39, 0.29) is 24.5 Å². The van der Waals surface area contributed by atoms with E-state index >= 15 is 0 Å². The summed E-state index contributed by atoms with van der Waals surface area (Å²) in [5.74, 6) is 0. The van der Waals surface area contributed by atoms with Crippen molar-refractivity contribution in [2.45, 2.75) is 114 Å². The van der Waals surface area contributed by atoms with Crippen LogP contribution in [-0.2, 0) is 29.5 Å². The Morgan fingerprint density at radius 3 is 0.981 bits per heavy atom. The lowest BCUT2D eigenvalue weighted by atomic mass is 9.79. The van der Waals surface area contributed by atoms with Gasteiger partial charge in [0.05, 0.1) is 32.0 Å². The summed E-state index contributed by atoms with van der Waals surface area (Å²) in [6.07, 6.45) is -0.452. The molecular formula is C45H60N2O4Si2. The zero-order chi connectivity index (χ0) is 37.1. The van der Waals surface area contributed by atoms with Gasteiger partial charge in [0.25, 0.3) is 0 Å². The molecule has 3 heterocycles. The molecule has 0 N–H and O–H groups in total. The van der Waals surface area contributed by atoms with Crippen LogP contribution >= 0.6 is 0 Å². The van der Waals surface area contributed by atoms with Crippen LogP contribution in [-0.4, -0.2) is 70.9 Å². The second-order valence-electron chi connectivity index (χ2n) is 15.3. The van der Waals surface area contributed by atoms with Gasteiger partial charge in [-0.1, -0.05) is 163 Å². The van der Waals surface area contributed by atoms with E-state index in [0.717, 1.165) is 36.3 Å². The summed E-state index contributed by atoms with van der Waals surface area (Å²) >= 11 is 0. The quantitative estimate of drug-likeness (QED) is 0.106. The topological polar surface area (TPSA) is 43.4 Å². The van der Waals surface area contributed by atoms with Gasteiger partial charge < -0.3 is 18.3 Å². The van der Waals surface area contributed by atoms with Gasteiger partial charge in [0.1, 0.15) is 11.2 Å². The van der Waals surface area contributed by atoms with Crippen LogP contribution in [0.15, 0.2) is 121 Å². The molecule has 0 aliphatic carbocycles. The van der Waals surface area contributed by atoms with Crippen LogP contribution in [0, 0.1) is 0 Å². The van der Waals surface area contributed by atoms with Gasteiger partial charge in [-0.05, 0) is 58.5 Å². The third kappa shape index (κ3) is 6.53. The molecule has 3 aliphatic rings. The van der Waals surface area contributed by atoms with Crippen molar-refractivity contribution in [1.82, 2.24) is 9.80 Å². The minimum atomic E-state index is -2.17. The maximum atomic E-state index is 7.94. The Morgan fingerprint density at radius 1 is 0.472 bits per heavy atom. The molecule has 6 nitrogen and oxygen atoms in total. The summed E-state index contributed by atoms with van der Waals surface area (Å²) in [6, 6.07) is 50.1. The van der Waals surface area contributed by atoms with Crippen molar-refractivity contribution in [3.63, 3.8) is 0 Å². The molecule has 0 bridgehead atoms. The number of ether oxygens (including phenoxy) is 2. The van der Waals surface area contributed by atoms with Crippen molar-refractivity contribution in [2.24, 2.45) is 0 Å². The van der Waals surface area contributed by atoms with E-state index in [1.54, 1.807) is 0 Å². The van der Waals surface area contributed by atoms with Crippen molar-refractivity contribution in [1.29, 1.82) is 0 Å².